The Morgan fingerprint density at radius 1 is 1.32 bits per heavy atom. The number of rotatable bonds is 6. The fraction of sp³-hybridized carbons (Fsp3) is 0.938. The third-order valence-electron chi connectivity index (χ3n) is 4.59. The number of nitrogens with one attached hydrogen (secondary N) is 1. The van der Waals surface area contributed by atoms with Gasteiger partial charge >= 0.3 is 5.97 Å². The normalized spacial score (nSPS) is 31.5. The minimum atomic E-state index is -0.397. The van der Waals surface area contributed by atoms with Crippen LogP contribution in [0.4, 0.5) is 0 Å². The topological polar surface area (TPSA) is 38.3 Å². The predicted molar refractivity (Wildman–Crippen MR) is 76.9 cm³/mol. The van der Waals surface area contributed by atoms with Crippen LogP contribution >= 0.6 is 0 Å². The second kappa shape index (κ2) is 6.25. The van der Waals surface area contributed by atoms with E-state index in [9.17, 15) is 4.79 Å². The van der Waals surface area contributed by atoms with Crippen molar-refractivity contribution < 1.29 is 9.53 Å². The summed E-state index contributed by atoms with van der Waals surface area (Å²) < 4.78 is 5.36. The van der Waals surface area contributed by atoms with E-state index in [4.69, 9.17) is 4.74 Å². The minimum absolute atomic E-state index is 0.0130. The second-order valence-corrected chi connectivity index (χ2v) is 6.77. The first-order valence-corrected chi connectivity index (χ1v) is 7.99. The third kappa shape index (κ3) is 3.71. The summed E-state index contributed by atoms with van der Waals surface area (Å²) in [5.41, 5.74) is -0.397. The largest absolute Gasteiger partial charge is 0.465 e. The van der Waals surface area contributed by atoms with Gasteiger partial charge in [-0.3, -0.25) is 4.79 Å². The van der Waals surface area contributed by atoms with Gasteiger partial charge in [-0.25, -0.2) is 0 Å². The quantitative estimate of drug-likeness (QED) is 0.751. The zero-order valence-corrected chi connectivity index (χ0v) is 12.7. The third-order valence-corrected chi connectivity index (χ3v) is 4.59. The maximum Gasteiger partial charge on any atom is 0.326 e. The molecule has 3 nitrogen and oxygen atoms in total. The van der Waals surface area contributed by atoms with E-state index in [2.05, 4.69) is 19.2 Å². The maximum atomic E-state index is 12.4. The summed E-state index contributed by atoms with van der Waals surface area (Å²) in [6.07, 6.45) is 7.13. The average Bonchev–Trinajstić information content (AvgIpc) is 3.21. The van der Waals surface area contributed by atoms with Gasteiger partial charge in [-0.05, 0) is 56.9 Å². The molecule has 0 aromatic heterocycles. The Hall–Kier alpha value is -0.570. The van der Waals surface area contributed by atoms with Crippen molar-refractivity contribution in [3.8, 4) is 0 Å². The molecule has 0 aromatic carbocycles. The number of carbonyl (C=O) groups excluding carboxylic acids is 1. The van der Waals surface area contributed by atoms with Crippen molar-refractivity contribution in [3.05, 3.63) is 0 Å². The first kappa shape index (κ1) is 14.8. The molecule has 0 spiro atoms. The van der Waals surface area contributed by atoms with E-state index in [-0.39, 0.29) is 5.97 Å². The molecule has 1 N–H and O–H groups in total. The van der Waals surface area contributed by atoms with Gasteiger partial charge in [-0.1, -0.05) is 26.7 Å². The highest BCUT2D eigenvalue weighted by Crippen LogP contribution is 2.46. The van der Waals surface area contributed by atoms with Crippen molar-refractivity contribution in [1.29, 1.82) is 0 Å². The Bertz CT molecular complexity index is 312. The molecule has 0 radical (unpaired) electrons. The Kier molecular flexibility index (Phi) is 4.88. The van der Waals surface area contributed by atoms with Crippen molar-refractivity contribution in [1.82, 2.24) is 5.32 Å². The highest BCUT2D eigenvalue weighted by atomic mass is 16.5. The van der Waals surface area contributed by atoms with Crippen molar-refractivity contribution >= 4 is 5.97 Å². The van der Waals surface area contributed by atoms with E-state index < -0.39 is 5.54 Å². The average molecular weight is 267 g/mol. The number of ether oxygens (including phenoxy) is 1. The molecule has 2 unspecified atom stereocenters. The van der Waals surface area contributed by atoms with Gasteiger partial charge < -0.3 is 10.1 Å². The summed E-state index contributed by atoms with van der Waals surface area (Å²) in [4.78, 5) is 12.4. The molecule has 0 heterocycles. The Balaban J connectivity index is 2.05. The molecule has 2 aliphatic rings. The van der Waals surface area contributed by atoms with Crippen LogP contribution in [0.3, 0.4) is 0 Å². The van der Waals surface area contributed by atoms with Crippen LogP contribution in [0.15, 0.2) is 0 Å². The number of carbonyl (C=O) groups is 1. The molecular weight excluding hydrogens is 238 g/mol. The summed E-state index contributed by atoms with van der Waals surface area (Å²) >= 11 is 0. The van der Waals surface area contributed by atoms with Crippen molar-refractivity contribution in [3.63, 3.8) is 0 Å². The molecule has 0 aromatic rings. The molecule has 0 aliphatic heterocycles. The lowest BCUT2D eigenvalue weighted by Gasteiger charge is -2.40. The van der Waals surface area contributed by atoms with Crippen molar-refractivity contribution in [2.45, 2.75) is 64.8 Å². The summed E-state index contributed by atoms with van der Waals surface area (Å²) in [5, 5.41) is 3.56. The Morgan fingerprint density at radius 3 is 2.63 bits per heavy atom. The molecule has 2 atom stereocenters. The molecule has 19 heavy (non-hydrogen) atoms. The SMILES string of the molecule is CCOC(=O)C1(NCC(C)C)CCCC(C2CC2)C1. The van der Waals surface area contributed by atoms with E-state index in [1.807, 2.05) is 6.92 Å². The smallest absolute Gasteiger partial charge is 0.326 e. The lowest BCUT2D eigenvalue weighted by atomic mass is 9.73. The molecule has 0 bridgehead atoms. The predicted octanol–water partition coefficient (Wildman–Crippen LogP) is 3.13. The molecular formula is C16H29NO2. The molecule has 0 saturated heterocycles. The fourth-order valence-electron chi connectivity index (χ4n) is 3.37. The molecule has 2 saturated carbocycles. The lowest BCUT2D eigenvalue weighted by Crippen LogP contribution is -2.56. The summed E-state index contributed by atoms with van der Waals surface area (Å²) in [5.74, 6) is 2.17. The highest BCUT2D eigenvalue weighted by molar-refractivity contribution is 5.81. The van der Waals surface area contributed by atoms with Crippen LogP contribution in [0.5, 0.6) is 0 Å². The van der Waals surface area contributed by atoms with Crippen LogP contribution in [0.2, 0.25) is 0 Å². The van der Waals surface area contributed by atoms with Crippen LogP contribution in [0.25, 0.3) is 0 Å². The van der Waals surface area contributed by atoms with E-state index in [1.54, 1.807) is 0 Å². The first-order valence-electron chi connectivity index (χ1n) is 7.99. The van der Waals surface area contributed by atoms with E-state index in [0.29, 0.717) is 12.5 Å². The van der Waals surface area contributed by atoms with Crippen LogP contribution in [-0.2, 0) is 9.53 Å². The standard InChI is InChI=1S/C16H29NO2/c1-4-19-15(18)16(17-11-12(2)3)9-5-6-14(10-16)13-7-8-13/h12-14,17H,4-11H2,1-3H3. The van der Waals surface area contributed by atoms with Gasteiger partial charge in [0, 0.05) is 0 Å². The van der Waals surface area contributed by atoms with Gasteiger partial charge in [0.05, 0.1) is 6.61 Å². The van der Waals surface area contributed by atoms with Gasteiger partial charge in [-0.15, -0.1) is 0 Å². The number of esters is 1. The zero-order valence-electron chi connectivity index (χ0n) is 12.7. The van der Waals surface area contributed by atoms with Crippen molar-refractivity contribution in [2.75, 3.05) is 13.2 Å². The maximum absolute atomic E-state index is 12.4. The van der Waals surface area contributed by atoms with Crippen LogP contribution < -0.4 is 5.32 Å². The Morgan fingerprint density at radius 2 is 2.05 bits per heavy atom. The molecule has 2 aliphatic carbocycles. The highest BCUT2D eigenvalue weighted by Gasteiger charge is 2.47. The van der Waals surface area contributed by atoms with Gasteiger partial charge in [-0.2, -0.15) is 0 Å². The van der Waals surface area contributed by atoms with Gasteiger partial charge in [0.25, 0.3) is 0 Å². The molecule has 2 fully saturated rings. The zero-order chi connectivity index (χ0) is 13.9. The lowest BCUT2D eigenvalue weighted by molar-refractivity contribution is -0.154. The van der Waals surface area contributed by atoms with Gasteiger partial charge in [0.1, 0.15) is 5.54 Å². The summed E-state index contributed by atoms with van der Waals surface area (Å²) in [6.45, 7) is 7.66. The molecule has 0 amide bonds. The molecule has 2 rings (SSSR count). The minimum Gasteiger partial charge on any atom is -0.465 e. The summed E-state index contributed by atoms with van der Waals surface area (Å²) in [6, 6.07) is 0. The van der Waals surface area contributed by atoms with E-state index in [1.165, 1.54) is 19.3 Å². The second-order valence-electron chi connectivity index (χ2n) is 6.77. The van der Waals surface area contributed by atoms with Crippen LogP contribution in [0.1, 0.15) is 59.3 Å². The van der Waals surface area contributed by atoms with Crippen LogP contribution in [-0.4, -0.2) is 24.7 Å². The Labute approximate surface area is 117 Å². The van der Waals surface area contributed by atoms with Crippen molar-refractivity contribution in [2.24, 2.45) is 17.8 Å². The van der Waals surface area contributed by atoms with Gasteiger partial charge in [0.2, 0.25) is 0 Å². The van der Waals surface area contributed by atoms with E-state index >= 15 is 0 Å². The molecule has 110 valence electrons. The monoisotopic (exact) mass is 267 g/mol. The fourth-order valence-corrected chi connectivity index (χ4v) is 3.37. The van der Waals surface area contributed by atoms with Gasteiger partial charge in [0.15, 0.2) is 0 Å². The van der Waals surface area contributed by atoms with E-state index in [0.717, 1.165) is 37.6 Å². The number of hydrogen-bond acceptors (Lipinski definition) is 3. The number of hydrogen-bond donors (Lipinski definition) is 1. The summed E-state index contributed by atoms with van der Waals surface area (Å²) in [7, 11) is 0. The van der Waals surface area contributed by atoms with Crippen LogP contribution in [0, 0.1) is 17.8 Å². The first-order chi connectivity index (χ1) is 9.07. The molecule has 3 heteroatoms.